The van der Waals surface area contributed by atoms with Crippen LogP contribution in [0.3, 0.4) is 0 Å². The van der Waals surface area contributed by atoms with E-state index in [2.05, 4.69) is 9.97 Å². The molecule has 4 heteroatoms. The van der Waals surface area contributed by atoms with Crippen molar-refractivity contribution < 1.29 is 4.39 Å². The van der Waals surface area contributed by atoms with Crippen molar-refractivity contribution >= 4 is 0 Å². The summed E-state index contributed by atoms with van der Waals surface area (Å²) in [7, 11) is 0. The normalized spacial score (nSPS) is 10.4. The van der Waals surface area contributed by atoms with Crippen LogP contribution in [0.4, 0.5) is 4.39 Å². The fourth-order valence-electron chi connectivity index (χ4n) is 1.52. The summed E-state index contributed by atoms with van der Waals surface area (Å²) < 4.78 is 12.9. The highest BCUT2D eigenvalue weighted by atomic mass is 19.1. The monoisotopic (exact) mass is 217 g/mol. The first-order valence-electron chi connectivity index (χ1n) is 4.99. The van der Waals surface area contributed by atoms with Gasteiger partial charge >= 0.3 is 0 Å². The Morgan fingerprint density at radius 1 is 1.31 bits per heavy atom. The number of aromatic nitrogens is 2. The smallest absolute Gasteiger partial charge is 0.159 e. The number of nitrogens with zero attached hydrogens (tertiary/aromatic N) is 2. The minimum atomic E-state index is -0.253. The van der Waals surface area contributed by atoms with Crippen LogP contribution in [0.15, 0.2) is 30.5 Å². The average molecular weight is 217 g/mol. The minimum absolute atomic E-state index is 0.253. The van der Waals surface area contributed by atoms with Crippen molar-refractivity contribution in [3.05, 3.63) is 47.5 Å². The van der Waals surface area contributed by atoms with E-state index in [1.807, 2.05) is 6.92 Å². The highest BCUT2D eigenvalue weighted by molar-refractivity contribution is 5.59. The standard InChI is InChI=1S/C12H12FN3/c1-8-6-9(13)2-3-11(8)12-15-5-4-10(7-14)16-12/h2-6H,7,14H2,1H3. The Hall–Kier alpha value is -1.81. The van der Waals surface area contributed by atoms with E-state index in [0.29, 0.717) is 12.4 Å². The molecule has 0 aliphatic rings. The molecule has 0 fully saturated rings. The molecule has 2 aromatic rings. The van der Waals surface area contributed by atoms with Gasteiger partial charge in [-0.2, -0.15) is 0 Å². The van der Waals surface area contributed by atoms with Crippen molar-refractivity contribution in [2.75, 3.05) is 0 Å². The van der Waals surface area contributed by atoms with Gasteiger partial charge in [-0.3, -0.25) is 0 Å². The van der Waals surface area contributed by atoms with Gasteiger partial charge in [0.2, 0.25) is 0 Å². The molecular weight excluding hydrogens is 205 g/mol. The number of nitrogens with two attached hydrogens (primary N) is 1. The Kier molecular flexibility index (Phi) is 2.92. The maximum absolute atomic E-state index is 12.9. The van der Waals surface area contributed by atoms with Gasteiger partial charge in [-0.25, -0.2) is 14.4 Å². The minimum Gasteiger partial charge on any atom is -0.325 e. The molecule has 0 saturated heterocycles. The Labute approximate surface area is 93.2 Å². The highest BCUT2D eigenvalue weighted by Gasteiger charge is 2.06. The zero-order valence-electron chi connectivity index (χ0n) is 8.94. The molecule has 0 unspecified atom stereocenters. The molecule has 0 bridgehead atoms. The Balaban J connectivity index is 2.49. The van der Waals surface area contributed by atoms with Crippen LogP contribution in [0.5, 0.6) is 0 Å². The summed E-state index contributed by atoms with van der Waals surface area (Å²) in [5.74, 6) is 0.330. The zero-order chi connectivity index (χ0) is 11.5. The fourth-order valence-corrected chi connectivity index (χ4v) is 1.52. The van der Waals surface area contributed by atoms with E-state index < -0.39 is 0 Å². The molecule has 0 amide bonds. The lowest BCUT2D eigenvalue weighted by Gasteiger charge is -2.05. The first kappa shape index (κ1) is 10.7. The van der Waals surface area contributed by atoms with Crippen molar-refractivity contribution in [3.63, 3.8) is 0 Å². The fraction of sp³-hybridized carbons (Fsp3) is 0.167. The van der Waals surface area contributed by atoms with Gasteiger partial charge in [0.25, 0.3) is 0 Å². The van der Waals surface area contributed by atoms with Crippen LogP contribution in [0, 0.1) is 12.7 Å². The van der Waals surface area contributed by atoms with Gasteiger partial charge < -0.3 is 5.73 Å². The topological polar surface area (TPSA) is 51.8 Å². The van der Waals surface area contributed by atoms with Gasteiger partial charge in [-0.05, 0) is 36.8 Å². The number of benzene rings is 1. The first-order chi connectivity index (χ1) is 7.70. The number of aryl methyl sites for hydroxylation is 1. The summed E-state index contributed by atoms with van der Waals surface area (Å²) in [4.78, 5) is 8.45. The molecule has 3 nitrogen and oxygen atoms in total. The third-order valence-electron chi connectivity index (χ3n) is 2.35. The van der Waals surface area contributed by atoms with Crippen LogP contribution >= 0.6 is 0 Å². The molecule has 0 aliphatic heterocycles. The first-order valence-corrected chi connectivity index (χ1v) is 4.99. The third-order valence-corrected chi connectivity index (χ3v) is 2.35. The molecule has 82 valence electrons. The summed E-state index contributed by atoms with van der Waals surface area (Å²) in [5, 5.41) is 0. The lowest BCUT2D eigenvalue weighted by atomic mass is 10.1. The quantitative estimate of drug-likeness (QED) is 0.837. The van der Waals surface area contributed by atoms with Crippen LogP contribution in [-0.4, -0.2) is 9.97 Å². The predicted molar refractivity (Wildman–Crippen MR) is 60.1 cm³/mol. The summed E-state index contributed by atoms with van der Waals surface area (Å²) in [6, 6.07) is 6.32. The lowest BCUT2D eigenvalue weighted by Crippen LogP contribution is -2.02. The van der Waals surface area contributed by atoms with Crippen LogP contribution in [-0.2, 0) is 6.54 Å². The molecule has 1 aromatic heterocycles. The second-order valence-corrected chi connectivity index (χ2v) is 3.53. The molecule has 0 atom stereocenters. The molecule has 0 spiro atoms. The van der Waals surface area contributed by atoms with Crippen LogP contribution in [0.25, 0.3) is 11.4 Å². The van der Waals surface area contributed by atoms with Gasteiger partial charge in [0.15, 0.2) is 5.82 Å². The average Bonchev–Trinajstić information content (AvgIpc) is 2.29. The van der Waals surface area contributed by atoms with Crippen molar-refractivity contribution in [2.45, 2.75) is 13.5 Å². The van der Waals surface area contributed by atoms with E-state index in [-0.39, 0.29) is 5.82 Å². The molecule has 16 heavy (non-hydrogen) atoms. The SMILES string of the molecule is Cc1cc(F)ccc1-c1nccc(CN)n1. The Bertz CT molecular complexity index is 511. The molecule has 2 rings (SSSR count). The second kappa shape index (κ2) is 4.37. The van der Waals surface area contributed by atoms with Gasteiger partial charge in [0.05, 0.1) is 5.69 Å². The second-order valence-electron chi connectivity index (χ2n) is 3.53. The molecule has 0 aliphatic carbocycles. The Morgan fingerprint density at radius 2 is 2.12 bits per heavy atom. The maximum Gasteiger partial charge on any atom is 0.159 e. The van der Waals surface area contributed by atoms with Crippen molar-refractivity contribution in [2.24, 2.45) is 5.73 Å². The molecule has 0 radical (unpaired) electrons. The van der Waals surface area contributed by atoms with Crippen LogP contribution in [0.1, 0.15) is 11.3 Å². The van der Waals surface area contributed by atoms with Gasteiger partial charge in [0, 0.05) is 18.3 Å². The van der Waals surface area contributed by atoms with Crippen LogP contribution < -0.4 is 5.73 Å². The van der Waals surface area contributed by atoms with Crippen molar-refractivity contribution in [1.82, 2.24) is 9.97 Å². The summed E-state index contributed by atoms with van der Waals surface area (Å²) in [6.07, 6.45) is 1.66. The summed E-state index contributed by atoms with van der Waals surface area (Å²) >= 11 is 0. The molecule has 1 heterocycles. The molecule has 1 aromatic carbocycles. The van der Waals surface area contributed by atoms with E-state index in [9.17, 15) is 4.39 Å². The van der Waals surface area contributed by atoms with Crippen LogP contribution in [0.2, 0.25) is 0 Å². The summed E-state index contributed by atoms with van der Waals surface area (Å²) in [5.41, 5.74) is 7.92. The number of hydrogen-bond acceptors (Lipinski definition) is 3. The predicted octanol–water partition coefficient (Wildman–Crippen LogP) is 2.05. The zero-order valence-corrected chi connectivity index (χ0v) is 8.94. The van der Waals surface area contributed by atoms with Gasteiger partial charge in [-0.1, -0.05) is 0 Å². The Morgan fingerprint density at radius 3 is 2.81 bits per heavy atom. The number of hydrogen-bond donors (Lipinski definition) is 1. The van der Waals surface area contributed by atoms with Crippen molar-refractivity contribution in [3.8, 4) is 11.4 Å². The highest BCUT2D eigenvalue weighted by Crippen LogP contribution is 2.20. The van der Waals surface area contributed by atoms with E-state index in [1.165, 1.54) is 12.1 Å². The van der Waals surface area contributed by atoms with Gasteiger partial charge in [-0.15, -0.1) is 0 Å². The van der Waals surface area contributed by atoms with Gasteiger partial charge in [0.1, 0.15) is 5.82 Å². The molecule has 0 saturated carbocycles. The van der Waals surface area contributed by atoms with E-state index in [1.54, 1.807) is 18.3 Å². The maximum atomic E-state index is 12.9. The van der Waals surface area contributed by atoms with E-state index >= 15 is 0 Å². The summed E-state index contributed by atoms with van der Waals surface area (Å²) in [6.45, 7) is 2.20. The van der Waals surface area contributed by atoms with E-state index in [0.717, 1.165) is 16.8 Å². The number of halogens is 1. The molecule has 2 N–H and O–H groups in total. The van der Waals surface area contributed by atoms with E-state index in [4.69, 9.17) is 5.73 Å². The largest absolute Gasteiger partial charge is 0.325 e. The third kappa shape index (κ3) is 2.06. The molecular formula is C12H12FN3. The lowest BCUT2D eigenvalue weighted by molar-refractivity contribution is 0.627. The number of rotatable bonds is 2. The van der Waals surface area contributed by atoms with Crippen molar-refractivity contribution in [1.29, 1.82) is 0 Å².